The third-order valence-corrected chi connectivity index (χ3v) is 5.11. The number of rotatable bonds is 4. The number of carbonyl (C=O) groups excluding carboxylic acids is 2. The van der Waals surface area contributed by atoms with Crippen molar-refractivity contribution in [3.8, 4) is 0 Å². The van der Waals surface area contributed by atoms with Crippen LogP contribution in [0.5, 0.6) is 0 Å². The average molecular weight is 393 g/mol. The van der Waals surface area contributed by atoms with Crippen LogP contribution in [-0.4, -0.2) is 77.8 Å². The Kier molecular flexibility index (Phi) is 4.60. The molecule has 0 unspecified atom stereocenters. The first-order valence-electron chi connectivity index (χ1n) is 9.18. The Labute approximate surface area is 159 Å². The summed E-state index contributed by atoms with van der Waals surface area (Å²) in [6, 6.07) is -0.763. The maximum atomic E-state index is 14.0. The molecule has 2 aromatic rings. The van der Waals surface area contributed by atoms with Crippen LogP contribution in [0.3, 0.4) is 0 Å². The van der Waals surface area contributed by atoms with Crippen LogP contribution >= 0.6 is 0 Å². The summed E-state index contributed by atoms with van der Waals surface area (Å²) in [5.74, 6) is -3.73. The van der Waals surface area contributed by atoms with E-state index in [4.69, 9.17) is 0 Å². The summed E-state index contributed by atoms with van der Waals surface area (Å²) in [6.07, 6.45) is 5.85. The van der Waals surface area contributed by atoms with Crippen LogP contribution in [0.1, 0.15) is 40.2 Å². The topological polar surface area (TPSA) is 89.2 Å². The molecular weight excluding hydrogens is 372 g/mol. The molecule has 2 saturated heterocycles. The molecule has 150 valence electrons. The number of hydrogen-bond acceptors (Lipinski definition) is 5. The van der Waals surface area contributed by atoms with E-state index in [1.165, 1.54) is 23.4 Å². The Morgan fingerprint density at radius 3 is 2.61 bits per heavy atom. The molecule has 0 spiro atoms. The second-order valence-corrected chi connectivity index (χ2v) is 7.40. The number of aromatic nitrogens is 5. The second kappa shape index (κ2) is 6.95. The number of nitrogens with zero attached hydrogens (tertiary/aromatic N) is 7. The van der Waals surface area contributed by atoms with E-state index in [1.54, 1.807) is 16.5 Å². The van der Waals surface area contributed by atoms with Gasteiger partial charge in [0, 0.05) is 32.8 Å². The van der Waals surface area contributed by atoms with E-state index in [-0.39, 0.29) is 23.8 Å². The molecule has 4 heterocycles. The summed E-state index contributed by atoms with van der Waals surface area (Å²) < 4.78 is 31.0. The van der Waals surface area contributed by atoms with E-state index in [2.05, 4.69) is 15.3 Å². The van der Waals surface area contributed by atoms with E-state index in [9.17, 15) is 18.4 Å². The van der Waals surface area contributed by atoms with Gasteiger partial charge in [0.05, 0.1) is 31.7 Å². The summed E-state index contributed by atoms with van der Waals surface area (Å²) in [5, 5.41) is 7.79. The number of carbonyl (C=O) groups is 2. The van der Waals surface area contributed by atoms with Gasteiger partial charge in [-0.2, -0.15) is 0 Å². The largest absolute Gasteiger partial charge is 0.340 e. The van der Waals surface area contributed by atoms with Crippen molar-refractivity contribution in [1.29, 1.82) is 0 Å². The van der Waals surface area contributed by atoms with Crippen molar-refractivity contribution < 1.29 is 18.4 Å². The van der Waals surface area contributed by atoms with Crippen LogP contribution in [0.25, 0.3) is 0 Å². The van der Waals surface area contributed by atoms with Gasteiger partial charge in [0.2, 0.25) is 0 Å². The first-order valence-corrected chi connectivity index (χ1v) is 9.18. The van der Waals surface area contributed by atoms with Gasteiger partial charge < -0.3 is 14.4 Å². The average Bonchev–Trinajstić information content (AvgIpc) is 3.41. The molecule has 2 aromatic heterocycles. The third kappa shape index (κ3) is 3.60. The van der Waals surface area contributed by atoms with Gasteiger partial charge in [0.1, 0.15) is 5.69 Å². The van der Waals surface area contributed by atoms with Crippen LogP contribution < -0.4 is 0 Å². The maximum Gasteiger partial charge on any atom is 0.276 e. The molecule has 0 aliphatic carbocycles. The fourth-order valence-electron chi connectivity index (χ4n) is 3.75. The second-order valence-electron chi connectivity index (χ2n) is 7.40. The van der Waals surface area contributed by atoms with Crippen molar-refractivity contribution in [2.24, 2.45) is 7.05 Å². The molecular formula is C17H21F2N7O2. The smallest absolute Gasteiger partial charge is 0.276 e. The van der Waals surface area contributed by atoms with E-state index >= 15 is 0 Å². The minimum Gasteiger partial charge on any atom is -0.340 e. The Bertz CT molecular complexity index is 888. The molecule has 0 N–H and O–H groups in total. The highest BCUT2D eigenvalue weighted by atomic mass is 19.3. The van der Waals surface area contributed by atoms with Gasteiger partial charge in [0.15, 0.2) is 5.69 Å². The number of halogens is 2. The lowest BCUT2D eigenvalue weighted by molar-refractivity contribution is 0.0116. The summed E-state index contributed by atoms with van der Waals surface area (Å²) in [7, 11) is 1.70. The molecule has 4 rings (SSSR count). The fourth-order valence-corrected chi connectivity index (χ4v) is 3.75. The standard InChI is InChI=1S/C17H21F2N7O2/c1-23-8-13(20-11-23)16(28)26-10-17(18,19)6-12(26)7-25-9-14(21-22-25)15(27)24-4-2-3-5-24/h8-9,11-12H,2-7,10H2,1H3/t12-/m0/s1. The number of amides is 2. The van der Waals surface area contributed by atoms with Gasteiger partial charge in [-0.25, -0.2) is 18.4 Å². The van der Waals surface area contributed by atoms with Crippen molar-refractivity contribution in [2.75, 3.05) is 19.6 Å². The van der Waals surface area contributed by atoms with Crippen molar-refractivity contribution in [2.45, 2.75) is 37.8 Å². The summed E-state index contributed by atoms with van der Waals surface area (Å²) in [6.45, 7) is 0.746. The summed E-state index contributed by atoms with van der Waals surface area (Å²) >= 11 is 0. The van der Waals surface area contributed by atoms with Gasteiger partial charge >= 0.3 is 0 Å². The molecule has 2 fully saturated rings. The molecule has 1 atom stereocenters. The molecule has 0 radical (unpaired) electrons. The van der Waals surface area contributed by atoms with Crippen molar-refractivity contribution in [1.82, 2.24) is 34.3 Å². The minimum absolute atomic E-state index is 0.0362. The van der Waals surface area contributed by atoms with E-state index < -0.39 is 30.8 Å². The highest BCUT2D eigenvalue weighted by Gasteiger charge is 2.47. The zero-order chi connectivity index (χ0) is 19.9. The minimum atomic E-state index is -2.98. The third-order valence-electron chi connectivity index (χ3n) is 5.11. The lowest BCUT2D eigenvalue weighted by Crippen LogP contribution is -2.39. The molecule has 2 aliphatic rings. The predicted molar refractivity (Wildman–Crippen MR) is 92.8 cm³/mol. The molecule has 11 heteroatoms. The first kappa shape index (κ1) is 18.5. The lowest BCUT2D eigenvalue weighted by atomic mass is 10.2. The molecule has 2 amide bonds. The van der Waals surface area contributed by atoms with Gasteiger partial charge in [-0.1, -0.05) is 5.21 Å². The zero-order valence-electron chi connectivity index (χ0n) is 15.5. The van der Waals surface area contributed by atoms with Gasteiger partial charge in [0.25, 0.3) is 17.7 Å². The molecule has 2 aliphatic heterocycles. The Morgan fingerprint density at radius 2 is 1.93 bits per heavy atom. The van der Waals surface area contributed by atoms with Crippen molar-refractivity contribution in [3.63, 3.8) is 0 Å². The Balaban J connectivity index is 1.49. The van der Waals surface area contributed by atoms with Crippen LogP contribution in [0.4, 0.5) is 8.78 Å². The normalized spacial score (nSPS) is 21.5. The molecule has 28 heavy (non-hydrogen) atoms. The summed E-state index contributed by atoms with van der Waals surface area (Å²) in [4.78, 5) is 31.8. The van der Waals surface area contributed by atoms with E-state index in [1.807, 2.05) is 0 Å². The molecule has 0 aromatic carbocycles. The van der Waals surface area contributed by atoms with Gasteiger partial charge in [-0.05, 0) is 12.8 Å². The van der Waals surface area contributed by atoms with Crippen LogP contribution in [0.2, 0.25) is 0 Å². The fraction of sp³-hybridized carbons (Fsp3) is 0.588. The SMILES string of the molecule is Cn1cnc(C(=O)N2CC(F)(F)C[C@H]2Cn2cc(C(=O)N3CCCC3)nn2)c1. The van der Waals surface area contributed by atoms with Gasteiger partial charge in [-0.15, -0.1) is 5.10 Å². The zero-order valence-corrected chi connectivity index (χ0v) is 15.5. The van der Waals surface area contributed by atoms with Gasteiger partial charge in [-0.3, -0.25) is 9.59 Å². The van der Waals surface area contributed by atoms with Crippen LogP contribution in [0.15, 0.2) is 18.7 Å². The van der Waals surface area contributed by atoms with E-state index in [0.29, 0.717) is 13.1 Å². The monoisotopic (exact) mass is 393 g/mol. The van der Waals surface area contributed by atoms with E-state index in [0.717, 1.165) is 17.7 Å². The highest BCUT2D eigenvalue weighted by Crippen LogP contribution is 2.33. The Morgan fingerprint density at radius 1 is 1.18 bits per heavy atom. The molecule has 0 bridgehead atoms. The number of aryl methyl sites for hydroxylation is 1. The predicted octanol–water partition coefficient (Wildman–Crippen LogP) is 0.798. The lowest BCUT2D eigenvalue weighted by Gasteiger charge is -2.22. The number of likely N-dealkylation sites (tertiary alicyclic amines) is 2. The van der Waals surface area contributed by atoms with Crippen LogP contribution in [-0.2, 0) is 13.6 Å². The maximum absolute atomic E-state index is 14.0. The molecule has 0 saturated carbocycles. The number of alkyl halides is 2. The first-order chi connectivity index (χ1) is 13.3. The number of hydrogen-bond donors (Lipinski definition) is 0. The van der Waals surface area contributed by atoms with Crippen molar-refractivity contribution in [3.05, 3.63) is 30.1 Å². The highest BCUT2D eigenvalue weighted by molar-refractivity contribution is 5.93. The summed E-state index contributed by atoms with van der Waals surface area (Å²) in [5.41, 5.74) is 0.308. The Hall–Kier alpha value is -2.85. The van der Waals surface area contributed by atoms with Crippen molar-refractivity contribution >= 4 is 11.8 Å². The van der Waals surface area contributed by atoms with Crippen LogP contribution in [0, 0.1) is 0 Å². The quantitative estimate of drug-likeness (QED) is 0.767. The number of imidazole rings is 1. The molecule has 9 nitrogen and oxygen atoms in total.